The first kappa shape index (κ1) is 17.8. The van der Waals surface area contributed by atoms with E-state index in [0.717, 1.165) is 45.3 Å². The molecule has 1 aliphatic carbocycles. The van der Waals surface area contributed by atoms with Gasteiger partial charge < -0.3 is 20.6 Å². The zero-order valence-corrected chi connectivity index (χ0v) is 13.2. The summed E-state index contributed by atoms with van der Waals surface area (Å²) in [5.74, 6) is -1.07. The molecule has 0 aromatic heterocycles. The molecule has 122 valence electrons. The van der Waals surface area contributed by atoms with Gasteiger partial charge in [0.25, 0.3) is 0 Å². The van der Waals surface area contributed by atoms with Crippen LogP contribution in [0.15, 0.2) is 0 Å². The van der Waals surface area contributed by atoms with Gasteiger partial charge in [-0.15, -0.1) is 0 Å². The van der Waals surface area contributed by atoms with Crippen LogP contribution in [0.4, 0.5) is 4.79 Å². The van der Waals surface area contributed by atoms with Crippen LogP contribution in [0.1, 0.15) is 46.0 Å². The van der Waals surface area contributed by atoms with Crippen LogP contribution < -0.4 is 10.6 Å². The van der Waals surface area contributed by atoms with E-state index < -0.39 is 5.97 Å². The van der Waals surface area contributed by atoms with Crippen molar-refractivity contribution < 1.29 is 14.7 Å². The number of rotatable bonds is 8. The van der Waals surface area contributed by atoms with Gasteiger partial charge in [-0.05, 0) is 38.8 Å². The summed E-state index contributed by atoms with van der Waals surface area (Å²) in [6, 6.07) is -0.198. The number of carbonyl (C=O) groups is 2. The van der Waals surface area contributed by atoms with E-state index in [9.17, 15) is 9.59 Å². The minimum absolute atomic E-state index is 0.0160. The van der Waals surface area contributed by atoms with Gasteiger partial charge in [0.1, 0.15) is 0 Å². The molecule has 0 bridgehead atoms. The minimum atomic E-state index is -0.750. The number of urea groups is 1. The van der Waals surface area contributed by atoms with Crippen LogP contribution >= 0.6 is 0 Å². The molecule has 2 atom stereocenters. The minimum Gasteiger partial charge on any atom is -0.481 e. The highest BCUT2D eigenvalue weighted by Gasteiger charge is 2.27. The molecular formula is C15H29N3O3. The molecule has 0 heterocycles. The Kier molecular flexibility index (Phi) is 8.12. The molecule has 2 amide bonds. The van der Waals surface area contributed by atoms with Gasteiger partial charge in [0, 0.05) is 19.1 Å². The third kappa shape index (κ3) is 6.80. The van der Waals surface area contributed by atoms with E-state index in [4.69, 9.17) is 5.11 Å². The molecule has 21 heavy (non-hydrogen) atoms. The Balaban J connectivity index is 2.22. The average Bonchev–Trinajstić information content (AvgIpc) is 2.46. The number of carbonyl (C=O) groups excluding carboxylic acids is 1. The Morgan fingerprint density at radius 1 is 1.24 bits per heavy atom. The van der Waals surface area contributed by atoms with E-state index in [2.05, 4.69) is 29.4 Å². The van der Waals surface area contributed by atoms with Gasteiger partial charge in [0.2, 0.25) is 0 Å². The molecule has 1 rings (SSSR count). The van der Waals surface area contributed by atoms with Gasteiger partial charge in [-0.25, -0.2) is 4.79 Å². The quantitative estimate of drug-likeness (QED) is 0.636. The van der Waals surface area contributed by atoms with E-state index in [1.54, 1.807) is 0 Å². The molecular weight excluding hydrogens is 270 g/mol. The molecule has 0 spiro atoms. The number of nitrogens with zero attached hydrogens (tertiary/aromatic N) is 1. The molecule has 0 aromatic rings. The summed E-state index contributed by atoms with van der Waals surface area (Å²) in [7, 11) is 0. The number of likely N-dealkylation sites (N-methyl/N-ethyl adjacent to an activating group) is 1. The molecule has 1 fully saturated rings. The number of aliphatic carboxylic acids is 1. The SMILES string of the molecule is CCCN(CC)CCNC(=O)NC1CCCC(C(=O)O)C1. The Morgan fingerprint density at radius 3 is 2.62 bits per heavy atom. The van der Waals surface area contributed by atoms with Crippen LogP contribution in [0.5, 0.6) is 0 Å². The van der Waals surface area contributed by atoms with Crippen molar-refractivity contribution in [3.8, 4) is 0 Å². The summed E-state index contributed by atoms with van der Waals surface area (Å²) in [6.07, 6.45) is 4.10. The second-order valence-corrected chi connectivity index (χ2v) is 5.73. The first-order valence-electron chi connectivity index (χ1n) is 8.06. The summed E-state index contributed by atoms with van der Waals surface area (Å²) >= 11 is 0. The molecule has 0 saturated heterocycles. The second-order valence-electron chi connectivity index (χ2n) is 5.73. The predicted molar refractivity (Wildman–Crippen MR) is 82.3 cm³/mol. The lowest BCUT2D eigenvalue weighted by molar-refractivity contribution is -0.143. The molecule has 6 nitrogen and oxygen atoms in total. The molecule has 1 aliphatic rings. The first-order chi connectivity index (χ1) is 10.1. The van der Waals surface area contributed by atoms with Crippen LogP contribution in [0, 0.1) is 5.92 Å². The van der Waals surface area contributed by atoms with Gasteiger partial charge in [-0.3, -0.25) is 4.79 Å². The highest BCUT2D eigenvalue weighted by Crippen LogP contribution is 2.24. The summed E-state index contributed by atoms with van der Waals surface area (Å²) in [6.45, 7) is 7.76. The predicted octanol–water partition coefficient (Wildman–Crippen LogP) is 1.66. The molecule has 6 heteroatoms. The van der Waals surface area contributed by atoms with Gasteiger partial charge in [0.05, 0.1) is 5.92 Å². The molecule has 2 unspecified atom stereocenters. The third-order valence-corrected chi connectivity index (χ3v) is 4.06. The number of hydrogen-bond acceptors (Lipinski definition) is 3. The van der Waals surface area contributed by atoms with E-state index in [-0.39, 0.29) is 18.0 Å². The van der Waals surface area contributed by atoms with Gasteiger partial charge in [-0.2, -0.15) is 0 Å². The molecule has 0 aliphatic heterocycles. The Hall–Kier alpha value is -1.30. The number of carboxylic acid groups (broad SMARTS) is 1. The van der Waals surface area contributed by atoms with Gasteiger partial charge in [-0.1, -0.05) is 20.3 Å². The summed E-state index contributed by atoms with van der Waals surface area (Å²) in [5, 5.41) is 14.8. The molecule has 3 N–H and O–H groups in total. The third-order valence-electron chi connectivity index (χ3n) is 4.06. The zero-order chi connectivity index (χ0) is 15.7. The van der Waals surface area contributed by atoms with Crippen molar-refractivity contribution in [2.75, 3.05) is 26.2 Å². The van der Waals surface area contributed by atoms with Crippen molar-refractivity contribution in [1.82, 2.24) is 15.5 Å². The lowest BCUT2D eigenvalue weighted by atomic mass is 9.86. The highest BCUT2D eigenvalue weighted by atomic mass is 16.4. The van der Waals surface area contributed by atoms with Gasteiger partial charge in [0.15, 0.2) is 0 Å². The highest BCUT2D eigenvalue weighted by molar-refractivity contribution is 5.74. The lowest BCUT2D eigenvalue weighted by Crippen LogP contribution is -2.46. The number of amides is 2. The summed E-state index contributed by atoms with van der Waals surface area (Å²) in [5.41, 5.74) is 0. The number of carboxylic acids is 1. The van der Waals surface area contributed by atoms with Crippen molar-refractivity contribution >= 4 is 12.0 Å². The Morgan fingerprint density at radius 2 is 2.00 bits per heavy atom. The number of nitrogens with one attached hydrogen (secondary N) is 2. The Bertz CT molecular complexity index is 336. The van der Waals surface area contributed by atoms with Crippen LogP contribution in [0.25, 0.3) is 0 Å². The van der Waals surface area contributed by atoms with E-state index >= 15 is 0 Å². The van der Waals surface area contributed by atoms with Crippen molar-refractivity contribution in [1.29, 1.82) is 0 Å². The largest absolute Gasteiger partial charge is 0.481 e. The van der Waals surface area contributed by atoms with E-state index in [1.807, 2.05) is 0 Å². The van der Waals surface area contributed by atoms with E-state index in [0.29, 0.717) is 13.0 Å². The molecule has 1 saturated carbocycles. The van der Waals surface area contributed by atoms with E-state index in [1.165, 1.54) is 0 Å². The Labute approximate surface area is 127 Å². The van der Waals surface area contributed by atoms with Gasteiger partial charge >= 0.3 is 12.0 Å². The summed E-state index contributed by atoms with van der Waals surface area (Å²) in [4.78, 5) is 25.1. The fraction of sp³-hybridized carbons (Fsp3) is 0.867. The molecule has 0 radical (unpaired) electrons. The first-order valence-corrected chi connectivity index (χ1v) is 8.06. The van der Waals surface area contributed by atoms with Crippen LogP contribution in [-0.2, 0) is 4.79 Å². The maximum atomic E-state index is 11.8. The monoisotopic (exact) mass is 299 g/mol. The standard InChI is InChI=1S/C15H29N3O3/c1-3-9-18(4-2)10-8-16-15(21)17-13-7-5-6-12(11-13)14(19)20/h12-13H,3-11H2,1-2H3,(H,19,20)(H2,16,17,21). The fourth-order valence-electron chi connectivity index (χ4n) is 2.85. The van der Waals surface area contributed by atoms with Crippen molar-refractivity contribution in [3.05, 3.63) is 0 Å². The lowest BCUT2D eigenvalue weighted by Gasteiger charge is -2.27. The smallest absolute Gasteiger partial charge is 0.315 e. The normalized spacial score (nSPS) is 22.0. The van der Waals surface area contributed by atoms with Crippen LogP contribution in [0.3, 0.4) is 0 Å². The number of hydrogen-bond donors (Lipinski definition) is 3. The average molecular weight is 299 g/mol. The topological polar surface area (TPSA) is 81.7 Å². The molecule has 0 aromatic carbocycles. The fourth-order valence-corrected chi connectivity index (χ4v) is 2.85. The maximum Gasteiger partial charge on any atom is 0.315 e. The second kappa shape index (κ2) is 9.60. The van der Waals surface area contributed by atoms with Crippen molar-refractivity contribution in [2.45, 2.75) is 52.0 Å². The summed E-state index contributed by atoms with van der Waals surface area (Å²) < 4.78 is 0. The van der Waals surface area contributed by atoms with Crippen LogP contribution in [0.2, 0.25) is 0 Å². The zero-order valence-electron chi connectivity index (χ0n) is 13.2. The van der Waals surface area contributed by atoms with Crippen molar-refractivity contribution in [3.63, 3.8) is 0 Å². The maximum absolute atomic E-state index is 11.8. The van der Waals surface area contributed by atoms with Crippen molar-refractivity contribution in [2.24, 2.45) is 5.92 Å². The van der Waals surface area contributed by atoms with Crippen LogP contribution in [-0.4, -0.2) is 54.2 Å².